The summed E-state index contributed by atoms with van der Waals surface area (Å²) in [5.74, 6) is 2.10. The number of imidazole rings is 1. The van der Waals surface area contributed by atoms with Crippen molar-refractivity contribution in [2.24, 2.45) is 0 Å². The number of carbonyl (C=O) groups excluding carboxylic acids is 1. The maximum Gasteiger partial charge on any atom is 0.258 e. The lowest BCUT2D eigenvalue weighted by molar-refractivity contribution is -0.123. The van der Waals surface area contributed by atoms with Crippen LogP contribution in [-0.4, -0.2) is 28.7 Å². The minimum atomic E-state index is -0.209. The van der Waals surface area contributed by atoms with Crippen molar-refractivity contribution in [2.75, 3.05) is 13.2 Å². The van der Waals surface area contributed by atoms with Crippen molar-refractivity contribution in [3.05, 3.63) is 89.2 Å². The number of hydrogen-bond donors (Lipinski definition) is 1. The molecular formula is C30H34ClN3O3. The fourth-order valence-corrected chi connectivity index (χ4v) is 4.16. The molecule has 6 nitrogen and oxygen atoms in total. The highest BCUT2D eigenvalue weighted by Crippen LogP contribution is 2.24. The largest absolute Gasteiger partial charge is 0.494 e. The zero-order chi connectivity index (χ0) is 26.3. The molecule has 0 unspecified atom stereocenters. The summed E-state index contributed by atoms with van der Waals surface area (Å²) in [6.07, 6.45) is 1.84. The molecule has 7 heteroatoms. The lowest BCUT2D eigenvalue weighted by atomic mass is 9.87. The van der Waals surface area contributed by atoms with Gasteiger partial charge in [-0.25, -0.2) is 4.98 Å². The molecule has 0 spiro atoms. The van der Waals surface area contributed by atoms with E-state index < -0.39 is 0 Å². The Morgan fingerprint density at radius 2 is 1.59 bits per heavy atom. The van der Waals surface area contributed by atoms with E-state index in [9.17, 15) is 4.79 Å². The second kappa shape index (κ2) is 12.2. The van der Waals surface area contributed by atoms with E-state index >= 15 is 0 Å². The van der Waals surface area contributed by atoms with Crippen LogP contribution in [0.4, 0.5) is 0 Å². The maximum absolute atomic E-state index is 12.4. The number of carbonyl (C=O) groups is 1. The number of benzene rings is 3. The van der Waals surface area contributed by atoms with Crippen molar-refractivity contribution in [1.29, 1.82) is 0 Å². The number of unbranched alkanes of at least 4 members (excludes halogenated alkanes) is 1. The van der Waals surface area contributed by atoms with Gasteiger partial charge in [0.2, 0.25) is 0 Å². The standard InChI is InChI=1S/C30H34ClN3O3/c1-30(2,3)22-10-14-24(15-11-22)36-19-7-6-18-34-27-9-5-4-8-26(27)33-28(34)20-32-29(35)21-37-25-16-12-23(31)13-17-25/h4-5,8-17H,6-7,18-21H2,1-3H3,(H,32,35). The molecule has 1 aromatic heterocycles. The number of halogens is 1. The average Bonchev–Trinajstić information content (AvgIpc) is 3.24. The molecule has 0 bridgehead atoms. The van der Waals surface area contributed by atoms with Crippen LogP contribution >= 0.6 is 11.6 Å². The summed E-state index contributed by atoms with van der Waals surface area (Å²) in [6, 6.07) is 23.3. The van der Waals surface area contributed by atoms with E-state index in [1.165, 1.54) is 5.56 Å². The Hall–Kier alpha value is -3.51. The van der Waals surface area contributed by atoms with Gasteiger partial charge < -0.3 is 19.4 Å². The minimum Gasteiger partial charge on any atom is -0.494 e. The van der Waals surface area contributed by atoms with Crippen molar-refractivity contribution in [3.8, 4) is 11.5 Å². The number of aromatic nitrogens is 2. The highest BCUT2D eigenvalue weighted by Gasteiger charge is 2.14. The van der Waals surface area contributed by atoms with E-state index in [-0.39, 0.29) is 17.9 Å². The van der Waals surface area contributed by atoms with Crippen LogP contribution < -0.4 is 14.8 Å². The molecule has 4 rings (SSSR count). The Balaban J connectivity index is 1.28. The summed E-state index contributed by atoms with van der Waals surface area (Å²) in [6.45, 7) is 8.31. The Kier molecular flexibility index (Phi) is 8.72. The molecule has 0 fully saturated rings. The smallest absolute Gasteiger partial charge is 0.258 e. The van der Waals surface area contributed by atoms with Gasteiger partial charge in [0.25, 0.3) is 5.91 Å². The van der Waals surface area contributed by atoms with E-state index in [0.29, 0.717) is 23.9 Å². The molecule has 3 aromatic carbocycles. The van der Waals surface area contributed by atoms with Gasteiger partial charge in [0.1, 0.15) is 17.3 Å². The highest BCUT2D eigenvalue weighted by atomic mass is 35.5. The molecule has 1 N–H and O–H groups in total. The number of ether oxygens (including phenoxy) is 2. The van der Waals surface area contributed by atoms with Crippen LogP contribution in [0.2, 0.25) is 5.02 Å². The van der Waals surface area contributed by atoms with Gasteiger partial charge >= 0.3 is 0 Å². The van der Waals surface area contributed by atoms with Crippen LogP contribution in [0.25, 0.3) is 11.0 Å². The number of para-hydroxylation sites is 2. The first kappa shape index (κ1) is 26.6. The Morgan fingerprint density at radius 3 is 2.32 bits per heavy atom. The lowest BCUT2D eigenvalue weighted by Gasteiger charge is -2.19. The molecule has 0 saturated carbocycles. The van der Waals surface area contributed by atoms with Gasteiger partial charge in [-0.1, -0.05) is 56.6 Å². The number of nitrogens with one attached hydrogen (secondary N) is 1. The Bertz CT molecular complexity index is 1310. The monoisotopic (exact) mass is 519 g/mol. The fraction of sp³-hybridized carbons (Fsp3) is 0.333. The fourth-order valence-electron chi connectivity index (χ4n) is 4.03. The normalized spacial score (nSPS) is 11.5. The minimum absolute atomic E-state index is 0.0735. The van der Waals surface area contributed by atoms with Gasteiger partial charge in [-0.2, -0.15) is 0 Å². The molecule has 4 aromatic rings. The molecule has 194 valence electrons. The van der Waals surface area contributed by atoms with Gasteiger partial charge in [0.15, 0.2) is 6.61 Å². The molecular weight excluding hydrogens is 486 g/mol. The number of aryl methyl sites for hydroxylation is 1. The van der Waals surface area contributed by atoms with Gasteiger partial charge in [0.05, 0.1) is 24.2 Å². The topological polar surface area (TPSA) is 65.4 Å². The van der Waals surface area contributed by atoms with E-state index in [1.807, 2.05) is 30.3 Å². The summed E-state index contributed by atoms with van der Waals surface area (Å²) in [4.78, 5) is 17.1. The van der Waals surface area contributed by atoms with Crippen molar-refractivity contribution in [1.82, 2.24) is 14.9 Å². The van der Waals surface area contributed by atoms with Crippen LogP contribution in [0.3, 0.4) is 0 Å². The third-order valence-corrected chi connectivity index (χ3v) is 6.38. The molecule has 1 amide bonds. The van der Waals surface area contributed by atoms with Crippen LogP contribution in [0.15, 0.2) is 72.8 Å². The van der Waals surface area contributed by atoms with E-state index in [1.54, 1.807) is 24.3 Å². The van der Waals surface area contributed by atoms with E-state index in [4.69, 9.17) is 26.1 Å². The van der Waals surface area contributed by atoms with Gasteiger partial charge in [-0.3, -0.25) is 4.79 Å². The van der Waals surface area contributed by atoms with Crippen LogP contribution in [0.5, 0.6) is 11.5 Å². The second-order valence-corrected chi connectivity index (χ2v) is 10.5. The zero-order valence-electron chi connectivity index (χ0n) is 21.7. The van der Waals surface area contributed by atoms with E-state index in [2.05, 4.69) is 48.9 Å². The quantitative estimate of drug-likeness (QED) is 0.228. The van der Waals surface area contributed by atoms with Crippen molar-refractivity contribution in [2.45, 2.75) is 52.1 Å². The number of fused-ring (bicyclic) bond motifs is 1. The lowest BCUT2D eigenvalue weighted by Crippen LogP contribution is -2.29. The molecule has 0 aliphatic heterocycles. The van der Waals surface area contributed by atoms with Crippen LogP contribution in [-0.2, 0) is 23.3 Å². The first-order chi connectivity index (χ1) is 17.8. The summed E-state index contributed by atoms with van der Waals surface area (Å²) >= 11 is 5.89. The molecule has 0 saturated heterocycles. The third kappa shape index (κ3) is 7.49. The molecule has 37 heavy (non-hydrogen) atoms. The average molecular weight is 520 g/mol. The predicted molar refractivity (Wildman–Crippen MR) is 148 cm³/mol. The number of hydrogen-bond acceptors (Lipinski definition) is 4. The molecule has 0 atom stereocenters. The van der Waals surface area contributed by atoms with Gasteiger partial charge in [-0.15, -0.1) is 0 Å². The second-order valence-electron chi connectivity index (χ2n) is 10.0. The third-order valence-electron chi connectivity index (χ3n) is 6.13. The van der Waals surface area contributed by atoms with Crippen molar-refractivity contribution < 1.29 is 14.3 Å². The predicted octanol–water partition coefficient (Wildman–Crippen LogP) is 6.54. The highest BCUT2D eigenvalue weighted by molar-refractivity contribution is 6.30. The number of amides is 1. The Labute approximate surface area is 223 Å². The summed E-state index contributed by atoms with van der Waals surface area (Å²) in [5.41, 5.74) is 3.40. The number of nitrogens with zero attached hydrogens (tertiary/aromatic N) is 2. The Morgan fingerprint density at radius 1 is 0.919 bits per heavy atom. The van der Waals surface area contributed by atoms with Gasteiger partial charge in [-0.05, 0) is 72.4 Å². The SMILES string of the molecule is CC(C)(C)c1ccc(OCCCCn2c(CNC(=O)COc3ccc(Cl)cc3)nc3ccccc32)cc1. The molecule has 0 radical (unpaired) electrons. The summed E-state index contributed by atoms with van der Waals surface area (Å²) < 4.78 is 13.7. The first-order valence-electron chi connectivity index (χ1n) is 12.6. The van der Waals surface area contributed by atoms with Crippen LogP contribution in [0.1, 0.15) is 45.0 Å². The van der Waals surface area contributed by atoms with Crippen molar-refractivity contribution >= 4 is 28.5 Å². The summed E-state index contributed by atoms with van der Waals surface area (Å²) in [7, 11) is 0. The van der Waals surface area contributed by atoms with Crippen LogP contribution in [0, 0.1) is 0 Å². The molecule has 0 aliphatic rings. The zero-order valence-corrected chi connectivity index (χ0v) is 22.4. The van der Waals surface area contributed by atoms with Gasteiger partial charge in [0, 0.05) is 11.6 Å². The maximum atomic E-state index is 12.4. The first-order valence-corrected chi connectivity index (χ1v) is 13.0. The molecule has 0 aliphatic carbocycles. The summed E-state index contributed by atoms with van der Waals surface area (Å²) in [5, 5.41) is 3.54. The molecule has 1 heterocycles. The van der Waals surface area contributed by atoms with E-state index in [0.717, 1.165) is 42.0 Å². The van der Waals surface area contributed by atoms with Crippen molar-refractivity contribution in [3.63, 3.8) is 0 Å². The number of rotatable bonds is 11.